The summed E-state index contributed by atoms with van der Waals surface area (Å²) in [5, 5.41) is 32.9. The van der Waals surface area contributed by atoms with Gasteiger partial charge in [-0.3, -0.25) is 14.4 Å². The molecule has 0 bridgehead atoms. The molecule has 1 heterocycles. The average Bonchev–Trinajstić information content (AvgIpc) is 2.86. The maximum Gasteiger partial charge on any atom is 0.202 e. The van der Waals surface area contributed by atoms with Crippen LogP contribution in [0, 0.1) is 5.92 Å². The van der Waals surface area contributed by atoms with Crippen LogP contribution in [-0.2, 0) is 20.7 Å². The van der Waals surface area contributed by atoms with Crippen molar-refractivity contribution in [3.63, 3.8) is 0 Å². The van der Waals surface area contributed by atoms with E-state index in [4.69, 9.17) is 19.9 Å². The summed E-state index contributed by atoms with van der Waals surface area (Å²) >= 11 is 0. The molecule has 0 radical (unpaired) electrons. The van der Waals surface area contributed by atoms with Crippen LogP contribution in [0.3, 0.4) is 0 Å². The minimum absolute atomic E-state index is 0. The predicted molar refractivity (Wildman–Crippen MR) is 136 cm³/mol. The first-order valence-corrected chi connectivity index (χ1v) is 12.2. The van der Waals surface area contributed by atoms with Gasteiger partial charge in [-0.2, -0.15) is 0 Å². The number of ether oxygens (including phenoxy) is 3. The van der Waals surface area contributed by atoms with Crippen LogP contribution in [0.1, 0.15) is 75.8 Å². The molecular weight excluding hydrogens is 518 g/mol. The number of nitrogens with two attached hydrogens (primary N) is 1. The van der Waals surface area contributed by atoms with Crippen LogP contribution in [0.15, 0.2) is 18.2 Å². The quantitative estimate of drug-likeness (QED) is 0.356. The number of benzene rings is 2. The second-order valence-electron chi connectivity index (χ2n) is 9.91. The van der Waals surface area contributed by atoms with Crippen molar-refractivity contribution in [1.29, 1.82) is 0 Å². The number of aliphatic hydroxyl groups excluding tert-OH is 1. The van der Waals surface area contributed by atoms with Gasteiger partial charge in [0.15, 0.2) is 12.1 Å². The van der Waals surface area contributed by atoms with Gasteiger partial charge in [-0.05, 0) is 32.8 Å². The summed E-state index contributed by atoms with van der Waals surface area (Å²) in [7, 11) is 1.37. The van der Waals surface area contributed by atoms with Crippen molar-refractivity contribution in [2.75, 3.05) is 7.11 Å². The average molecular weight is 548 g/mol. The molecule has 5 N–H and O–H groups in total. The predicted octanol–water partition coefficient (Wildman–Crippen LogP) is 2.34. The molecule has 1 saturated heterocycles. The molecule has 2 aliphatic carbocycles. The summed E-state index contributed by atoms with van der Waals surface area (Å²) in [6.07, 6.45) is -2.95. The van der Waals surface area contributed by atoms with E-state index in [1.54, 1.807) is 13.0 Å². The number of phenols is 2. The third-order valence-corrected chi connectivity index (χ3v) is 7.67. The number of aromatic hydroxyl groups is 2. The fourth-order valence-corrected chi connectivity index (χ4v) is 5.67. The zero-order valence-corrected chi connectivity index (χ0v) is 21.9. The molecule has 204 valence electrons. The second kappa shape index (κ2) is 10.3. The highest BCUT2D eigenvalue weighted by atomic mass is 35.5. The van der Waals surface area contributed by atoms with Gasteiger partial charge >= 0.3 is 0 Å². The molecule has 1 unspecified atom stereocenters. The molecule has 3 aliphatic rings. The van der Waals surface area contributed by atoms with E-state index in [0.29, 0.717) is 0 Å². The molecule has 0 aromatic heterocycles. The monoisotopic (exact) mass is 547 g/mol. The Labute approximate surface area is 225 Å². The maximum absolute atomic E-state index is 13.6. The van der Waals surface area contributed by atoms with Crippen molar-refractivity contribution in [3.05, 3.63) is 51.6 Å². The van der Waals surface area contributed by atoms with E-state index < -0.39 is 59.6 Å². The van der Waals surface area contributed by atoms with Crippen LogP contribution < -0.4 is 10.5 Å². The first-order valence-electron chi connectivity index (χ1n) is 12.2. The number of ketones is 3. The Hall–Kier alpha value is -3.02. The molecule has 11 heteroatoms. The van der Waals surface area contributed by atoms with Crippen molar-refractivity contribution < 1.29 is 43.9 Å². The summed E-state index contributed by atoms with van der Waals surface area (Å²) in [6, 6.07) is 3.94. The molecule has 10 nitrogen and oxygen atoms in total. The number of hydrogen-bond acceptors (Lipinski definition) is 10. The Bertz CT molecular complexity index is 1310. The highest BCUT2D eigenvalue weighted by molar-refractivity contribution is 6.31. The topological polar surface area (TPSA) is 166 Å². The number of halogens is 1. The SMILES string of the molecule is COc1cccc2c1C(=O)c1c(O)c3c(c(O)c1C2=O)CC(C(C)=O)C[C@@H]3O[C@H]1C[C@H](N)[C@H](O)[C@H](C)O1.Cl. The van der Waals surface area contributed by atoms with Gasteiger partial charge < -0.3 is 35.3 Å². The zero-order valence-electron chi connectivity index (χ0n) is 21.1. The van der Waals surface area contributed by atoms with Gasteiger partial charge in [-0.25, -0.2) is 0 Å². The van der Waals surface area contributed by atoms with E-state index in [-0.39, 0.29) is 76.6 Å². The Morgan fingerprint density at radius 3 is 2.39 bits per heavy atom. The molecule has 1 aliphatic heterocycles. The van der Waals surface area contributed by atoms with E-state index in [1.807, 2.05) is 0 Å². The van der Waals surface area contributed by atoms with Gasteiger partial charge in [0, 0.05) is 35.1 Å². The minimum atomic E-state index is -0.949. The van der Waals surface area contributed by atoms with Gasteiger partial charge in [0.25, 0.3) is 0 Å². The van der Waals surface area contributed by atoms with E-state index in [9.17, 15) is 29.7 Å². The molecule has 1 fully saturated rings. The van der Waals surface area contributed by atoms with Crippen LogP contribution in [0.5, 0.6) is 17.2 Å². The van der Waals surface area contributed by atoms with Crippen LogP contribution in [-0.4, -0.2) is 64.3 Å². The van der Waals surface area contributed by atoms with Gasteiger partial charge in [-0.1, -0.05) is 12.1 Å². The van der Waals surface area contributed by atoms with E-state index in [1.165, 1.54) is 26.2 Å². The number of Topliss-reactive ketones (excluding diaryl/α,β-unsaturated/α-hetero) is 1. The molecule has 5 rings (SSSR count). The lowest BCUT2D eigenvalue weighted by atomic mass is 9.74. The van der Waals surface area contributed by atoms with Crippen LogP contribution in [0.25, 0.3) is 0 Å². The Morgan fingerprint density at radius 1 is 1.08 bits per heavy atom. The third-order valence-electron chi connectivity index (χ3n) is 7.67. The number of fused-ring (bicyclic) bond motifs is 3. The highest BCUT2D eigenvalue weighted by Crippen LogP contribution is 2.51. The lowest BCUT2D eigenvalue weighted by molar-refractivity contribution is -0.243. The molecule has 0 amide bonds. The fraction of sp³-hybridized carbons (Fsp3) is 0.444. The van der Waals surface area contributed by atoms with Crippen LogP contribution >= 0.6 is 12.4 Å². The van der Waals surface area contributed by atoms with E-state index >= 15 is 0 Å². The lowest BCUT2D eigenvalue weighted by Gasteiger charge is -2.40. The molecule has 2 aromatic carbocycles. The third kappa shape index (κ3) is 4.26. The first kappa shape index (κ1) is 28.0. The molecule has 0 spiro atoms. The van der Waals surface area contributed by atoms with E-state index in [2.05, 4.69) is 0 Å². The minimum Gasteiger partial charge on any atom is -0.507 e. The van der Waals surface area contributed by atoms with Gasteiger partial charge in [-0.15, -0.1) is 12.4 Å². The highest BCUT2D eigenvalue weighted by Gasteiger charge is 2.44. The molecule has 2 aromatic rings. The summed E-state index contributed by atoms with van der Waals surface area (Å²) in [5.41, 5.74) is 5.75. The normalized spacial score (nSPS) is 28.0. The molecule has 38 heavy (non-hydrogen) atoms. The van der Waals surface area contributed by atoms with Gasteiger partial charge in [0.2, 0.25) is 5.78 Å². The number of rotatable bonds is 4. The summed E-state index contributed by atoms with van der Waals surface area (Å²) in [6.45, 7) is 3.08. The van der Waals surface area contributed by atoms with Crippen molar-refractivity contribution in [2.24, 2.45) is 11.7 Å². The number of aliphatic hydroxyl groups is 1. The summed E-state index contributed by atoms with van der Waals surface area (Å²) < 4.78 is 17.2. The number of methoxy groups -OCH3 is 1. The van der Waals surface area contributed by atoms with Crippen molar-refractivity contribution in [1.82, 2.24) is 0 Å². The Morgan fingerprint density at radius 2 is 1.76 bits per heavy atom. The molecule has 0 saturated carbocycles. The number of carbonyl (C=O) groups excluding carboxylic acids is 3. The summed E-state index contributed by atoms with van der Waals surface area (Å²) in [4.78, 5) is 39.5. The largest absolute Gasteiger partial charge is 0.507 e. The zero-order chi connectivity index (χ0) is 26.8. The number of phenolic OH excluding ortho intramolecular Hbond substituents is 2. The second-order valence-corrected chi connectivity index (χ2v) is 9.91. The van der Waals surface area contributed by atoms with Crippen molar-refractivity contribution in [2.45, 2.75) is 63.8 Å². The number of hydrogen-bond donors (Lipinski definition) is 4. The lowest BCUT2D eigenvalue weighted by Crippen LogP contribution is -2.52. The van der Waals surface area contributed by atoms with Crippen molar-refractivity contribution >= 4 is 29.8 Å². The van der Waals surface area contributed by atoms with E-state index in [0.717, 1.165) is 0 Å². The fourth-order valence-electron chi connectivity index (χ4n) is 5.67. The molecular formula is C27H30ClNO9. The molecule has 6 atom stereocenters. The van der Waals surface area contributed by atoms with Crippen LogP contribution in [0.4, 0.5) is 0 Å². The number of carbonyl (C=O) groups is 3. The van der Waals surface area contributed by atoms with Crippen LogP contribution in [0.2, 0.25) is 0 Å². The first-order chi connectivity index (χ1) is 17.5. The Balaban J connectivity index is 0.00000336. The summed E-state index contributed by atoms with van der Waals surface area (Å²) in [5.74, 6) is -2.80. The maximum atomic E-state index is 13.6. The Kier molecular flexibility index (Phi) is 7.57. The smallest absolute Gasteiger partial charge is 0.202 e. The van der Waals surface area contributed by atoms with Gasteiger partial charge in [0.1, 0.15) is 23.0 Å². The van der Waals surface area contributed by atoms with Gasteiger partial charge in [0.05, 0.1) is 42.1 Å². The van der Waals surface area contributed by atoms with Crippen molar-refractivity contribution in [3.8, 4) is 17.2 Å². The standard InChI is InChI=1S/C27H29NO9.ClH/c1-10(29)12-7-14-20(17(8-12)37-18-9-15(28)23(30)11(2)36-18)27(34)22-21(25(14)32)24(31)13-5-4-6-16(35-3)19(13)26(22)33;/h4-6,11-12,15,17-18,23,30,32,34H,7-9,28H2,1-3H3;1H/t11-,12?,15-,17-,18-,23+;/m0./s1.